The highest BCUT2D eigenvalue weighted by atomic mass is 32.2. The van der Waals surface area contributed by atoms with Crippen molar-refractivity contribution < 1.29 is 17.9 Å². The van der Waals surface area contributed by atoms with Gasteiger partial charge in [-0.05, 0) is 54.6 Å². The molecule has 3 aromatic rings. The lowest BCUT2D eigenvalue weighted by Crippen LogP contribution is -2.26. The van der Waals surface area contributed by atoms with Gasteiger partial charge in [0, 0.05) is 18.3 Å². The summed E-state index contributed by atoms with van der Waals surface area (Å²) < 4.78 is 32.1. The molecule has 0 saturated heterocycles. The fourth-order valence-corrected chi connectivity index (χ4v) is 3.86. The van der Waals surface area contributed by atoms with Gasteiger partial charge in [-0.15, -0.1) is 0 Å². The molecule has 144 valence electrons. The highest BCUT2D eigenvalue weighted by molar-refractivity contribution is 7.92. The summed E-state index contributed by atoms with van der Waals surface area (Å²) in [6.45, 7) is 0. The van der Waals surface area contributed by atoms with Crippen LogP contribution < -0.4 is 14.4 Å². The average molecular weight is 396 g/mol. The van der Waals surface area contributed by atoms with Gasteiger partial charge in [-0.1, -0.05) is 24.3 Å². The number of ether oxygens (including phenoxy) is 1. The maximum atomic E-state index is 12.9. The lowest BCUT2D eigenvalue weighted by Gasteiger charge is -2.19. The number of nitrogens with zero attached hydrogens (tertiary/aromatic N) is 1. The molecule has 0 aliphatic rings. The number of sulfonamides is 1. The minimum Gasteiger partial charge on any atom is -0.497 e. The maximum absolute atomic E-state index is 12.9. The van der Waals surface area contributed by atoms with Gasteiger partial charge in [-0.25, -0.2) is 8.42 Å². The monoisotopic (exact) mass is 396 g/mol. The van der Waals surface area contributed by atoms with E-state index in [9.17, 15) is 13.2 Å². The molecule has 0 aromatic heterocycles. The van der Waals surface area contributed by atoms with Crippen molar-refractivity contribution in [2.75, 3.05) is 23.8 Å². The summed E-state index contributed by atoms with van der Waals surface area (Å²) in [6, 6.07) is 21.6. The number of rotatable bonds is 6. The first kappa shape index (κ1) is 19.4. The number of hydrogen-bond donors (Lipinski definition) is 1. The van der Waals surface area contributed by atoms with E-state index >= 15 is 0 Å². The van der Waals surface area contributed by atoms with E-state index in [0.717, 1.165) is 0 Å². The summed E-state index contributed by atoms with van der Waals surface area (Å²) in [5.74, 6) is 0.308. The molecule has 3 rings (SSSR count). The first-order valence-electron chi connectivity index (χ1n) is 8.51. The second-order valence-electron chi connectivity index (χ2n) is 6.02. The zero-order valence-electron chi connectivity index (χ0n) is 15.5. The number of carbonyl (C=O) groups is 1. The van der Waals surface area contributed by atoms with Crippen LogP contribution in [0.5, 0.6) is 5.75 Å². The molecule has 3 aromatic carbocycles. The molecule has 0 aliphatic heterocycles. The Morgan fingerprint density at radius 3 is 2.25 bits per heavy atom. The van der Waals surface area contributed by atoms with Crippen molar-refractivity contribution in [3.8, 4) is 5.75 Å². The molecular formula is C21H20N2O4S. The van der Waals surface area contributed by atoms with Gasteiger partial charge < -0.3 is 10.1 Å². The summed E-state index contributed by atoms with van der Waals surface area (Å²) in [5.41, 5.74) is 1.38. The molecule has 0 unspecified atom stereocenters. The molecule has 0 saturated carbocycles. The van der Waals surface area contributed by atoms with Gasteiger partial charge in [-0.2, -0.15) is 0 Å². The van der Waals surface area contributed by atoms with Gasteiger partial charge in [0.15, 0.2) is 0 Å². The van der Waals surface area contributed by atoms with Crippen LogP contribution in [-0.2, 0) is 10.0 Å². The third-order valence-electron chi connectivity index (χ3n) is 4.22. The second-order valence-corrected chi connectivity index (χ2v) is 7.99. The van der Waals surface area contributed by atoms with Gasteiger partial charge in [0.05, 0.1) is 17.7 Å². The number of carbonyl (C=O) groups excluding carboxylic acids is 1. The van der Waals surface area contributed by atoms with Crippen LogP contribution in [-0.4, -0.2) is 28.5 Å². The number of para-hydroxylation sites is 1. The molecule has 0 aliphatic carbocycles. The third-order valence-corrected chi connectivity index (χ3v) is 6.00. The van der Waals surface area contributed by atoms with Crippen LogP contribution in [0.3, 0.4) is 0 Å². The molecule has 6 nitrogen and oxygen atoms in total. The molecule has 1 N–H and O–H groups in total. The molecule has 0 fully saturated rings. The van der Waals surface area contributed by atoms with Crippen molar-refractivity contribution in [3.63, 3.8) is 0 Å². The summed E-state index contributed by atoms with van der Waals surface area (Å²) in [4.78, 5) is 12.5. The summed E-state index contributed by atoms with van der Waals surface area (Å²) in [6.07, 6.45) is 0. The Balaban J connectivity index is 1.82. The highest BCUT2D eigenvalue weighted by Crippen LogP contribution is 2.24. The molecule has 0 radical (unpaired) electrons. The second kappa shape index (κ2) is 8.14. The van der Waals surface area contributed by atoms with Crippen molar-refractivity contribution in [3.05, 3.63) is 84.4 Å². The molecule has 0 spiro atoms. The molecule has 0 bridgehead atoms. The lowest BCUT2D eigenvalue weighted by atomic mass is 10.2. The van der Waals surface area contributed by atoms with Crippen LogP contribution in [0.2, 0.25) is 0 Å². The predicted molar refractivity (Wildman–Crippen MR) is 109 cm³/mol. The number of benzene rings is 3. The van der Waals surface area contributed by atoms with Crippen LogP contribution in [0.1, 0.15) is 10.4 Å². The minimum absolute atomic E-state index is 0.0892. The van der Waals surface area contributed by atoms with Gasteiger partial charge in [0.1, 0.15) is 5.75 Å². The third kappa shape index (κ3) is 4.15. The molecule has 28 heavy (non-hydrogen) atoms. The Hall–Kier alpha value is -3.32. The Morgan fingerprint density at radius 1 is 0.929 bits per heavy atom. The zero-order valence-corrected chi connectivity index (χ0v) is 16.3. The highest BCUT2D eigenvalue weighted by Gasteiger charge is 2.21. The van der Waals surface area contributed by atoms with Crippen LogP contribution in [0.4, 0.5) is 11.4 Å². The van der Waals surface area contributed by atoms with Gasteiger partial charge >= 0.3 is 0 Å². The molecule has 7 heteroatoms. The summed E-state index contributed by atoms with van der Waals surface area (Å²) >= 11 is 0. The molecule has 1 amide bonds. The topological polar surface area (TPSA) is 75.7 Å². The smallest absolute Gasteiger partial charge is 0.264 e. The van der Waals surface area contributed by atoms with Crippen molar-refractivity contribution in [1.29, 1.82) is 0 Å². The normalized spacial score (nSPS) is 10.9. The van der Waals surface area contributed by atoms with Crippen molar-refractivity contribution >= 4 is 27.3 Å². The van der Waals surface area contributed by atoms with Crippen LogP contribution in [0, 0.1) is 0 Å². The molecule has 0 atom stereocenters. The molecular weight excluding hydrogens is 376 g/mol. The standard InChI is InChI=1S/C21H20N2O4S/c1-23(18-8-4-3-5-9-18)28(25,26)20-10-6-7-17(15-20)22-21(24)16-11-13-19(27-2)14-12-16/h3-15H,1-2H3,(H,22,24). The Labute approximate surface area is 164 Å². The number of anilines is 2. The van der Waals surface area contributed by atoms with Crippen molar-refractivity contribution in [2.45, 2.75) is 4.90 Å². The molecule has 0 heterocycles. The minimum atomic E-state index is -3.76. The quantitative estimate of drug-likeness (QED) is 0.688. The lowest BCUT2D eigenvalue weighted by molar-refractivity contribution is 0.102. The number of nitrogens with one attached hydrogen (secondary N) is 1. The Bertz CT molecular complexity index is 1070. The number of hydrogen-bond acceptors (Lipinski definition) is 4. The van der Waals surface area contributed by atoms with E-state index in [1.165, 1.54) is 23.5 Å². The zero-order chi connectivity index (χ0) is 20.1. The number of methoxy groups -OCH3 is 1. The Kier molecular flexibility index (Phi) is 5.65. The van der Waals surface area contributed by atoms with Crippen LogP contribution in [0.15, 0.2) is 83.8 Å². The van der Waals surface area contributed by atoms with Gasteiger partial charge in [-0.3, -0.25) is 9.10 Å². The van der Waals surface area contributed by atoms with E-state index in [4.69, 9.17) is 4.74 Å². The SMILES string of the molecule is COc1ccc(C(=O)Nc2cccc(S(=O)(=O)N(C)c3ccccc3)c2)cc1. The Morgan fingerprint density at radius 2 is 1.61 bits per heavy atom. The summed E-state index contributed by atoms with van der Waals surface area (Å²) in [5, 5.41) is 2.72. The maximum Gasteiger partial charge on any atom is 0.264 e. The van der Waals surface area contributed by atoms with E-state index in [1.807, 2.05) is 6.07 Å². The fourth-order valence-electron chi connectivity index (χ4n) is 2.61. The van der Waals surface area contributed by atoms with E-state index in [0.29, 0.717) is 22.7 Å². The van der Waals surface area contributed by atoms with E-state index in [2.05, 4.69) is 5.32 Å². The van der Waals surface area contributed by atoms with Gasteiger partial charge in [0.2, 0.25) is 0 Å². The van der Waals surface area contributed by atoms with E-state index in [1.54, 1.807) is 67.8 Å². The average Bonchev–Trinajstić information content (AvgIpc) is 2.74. The van der Waals surface area contributed by atoms with Crippen LogP contribution >= 0.6 is 0 Å². The summed E-state index contributed by atoms with van der Waals surface area (Å²) in [7, 11) is -0.716. The van der Waals surface area contributed by atoms with Gasteiger partial charge in [0.25, 0.3) is 15.9 Å². The van der Waals surface area contributed by atoms with Crippen molar-refractivity contribution in [2.24, 2.45) is 0 Å². The first-order chi connectivity index (χ1) is 13.4. The van der Waals surface area contributed by atoms with Crippen LogP contribution in [0.25, 0.3) is 0 Å². The predicted octanol–water partition coefficient (Wildman–Crippen LogP) is 3.77. The largest absolute Gasteiger partial charge is 0.497 e. The van der Waals surface area contributed by atoms with Crippen molar-refractivity contribution in [1.82, 2.24) is 0 Å². The first-order valence-corrected chi connectivity index (χ1v) is 9.95. The van der Waals surface area contributed by atoms with E-state index < -0.39 is 10.0 Å². The fraction of sp³-hybridized carbons (Fsp3) is 0.0952. The van der Waals surface area contributed by atoms with E-state index in [-0.39, 0.29) is 10.8 Å². The number of amides is 1.